The fraction of sp³-hybridized carbons (Fsp3) is 0.462. The highest BCUT2D eigenvalue weighted by Crippen LogP contribution is 2.35. The van der Waals surface area contributed by atoms with Crippen molar-refractivity contribution in [3.8, 4) is 11.5 Å². The van der Waals surface area contributed by atoms with Gasteiger partial charge >= 0.3 is 5.97 Å². The van der Waals surface area contributed by atoms with Crippen LogP contribution in [-0.2, 0) is 9.53 Å². The monoisotopic (exact) mass is 238 g/mol. The minimum absolute atomic E-state index is 0.0592. The zero-order valence-corrected chi connectivity index (χ0v) is 10.6. The maximum Gasteiger partial charge on any atom is 0.302 e. The molecule has 94 valence electrons. The van der Waals surface area contributed by atoms with Gasteiger partial charge in [0, 0.05) is 18.4 Å². The molecule has 1 atom stereocenters. The van der Waals surface area contributed by atoms with E-state index in [0.717, 1.165) is 5.56 Å². The molecular formula is C13H18O4. The number of ether oxygens (including phenoxy) is 3. The number of hydrogen-bond acceptors (Lipinski definition) is 4. The highest BCUT2D eigenvalue weighted by molar-refractivity contribution is 5.66. The highest BCUT2D eigenvalue weighted by Gasteiger charge is 2.16. The predicted octanol–water partition coefficient (Wildman–Crippen LogP) is 2.37. The van der Waals surface area contributed by atoms with Crippen LogP contribution in [-0.4, -0.2) is 26.8 Å². The van der Waals surface area contributed by atoms with Crippen LogP contribution in [0.15, 0.2) is 18.2 Å². The maximum atomic E-state index is 10.8. The largest absolute Gasteiger partial charge is 0.493 e. The average Bonchev–Trinajstić information content (AvgIpc) is 2.34. The Labute approximate surface area is 101 Å². The number of benzene rings is 1. The van der Waals surface area contributed by atoms with Gasteiger partial charge in [0.15, 0.2) is 11.5 Å². The molecule has 4 heteroatoms. The molecule has 0 saturated heterocycles. The van der Waals surface area contributed by atoms with Gasteiger partial charge in [-0.05, 0) is 6.07 Å². The molecule has 4 nitrogen and oxygen atoms in total. The van der Waals surface area contributed by atoms with Crippen molar-refractivity contribution in [1.29, 1.82) is 0 Å². The van der Waals surface area contributed by atoms with E-state index in [1.807, 2.05) is 25.1 Å². The summed E-state index contributed by atoms with van der Waals surface area (Å²) in [5.41, 5.74) is 0.966. The molecule has 0 spiro atoms. The van der Waals surface area contributed by atoms with Crippen molar-refractivity contribution in [2.75, 3.05) is 20.8 Å². The Morgan fingerprint density at radius 1 is 1.29 bits per heavy atom. The molecule has 1 unspecified atom stereocenters. The van der Waals surface area contributed by atoms with Gasteiger partial charge in [0.05, 0.1) is 20.8 Å². The van der Waals surface area contributed by atoms with Crippen molar-refractivity contribution in [3.05, 3.63) is 23.8 Å². The highest BCUT2D eigenvalue weighted by atomic mass is 16.5. The van der Waals surface area contributed by atoms with Crippen LogP contribution in [0.2, 0.25) is 0 Å². The summed E-state index contributed by atoms with van der Waals surface area (Å²) >= 11 is 0. The normalized spacial score (nSPS) is 11.8. The molecular weight excluding hydrogens is 220 g/mol. The van der Waals surface area contributed by atoms with Crippen LogP contribution in [0.5, 0.6) is 11.5 Å². The third kappa shape index (κ3) is 3.37. The summed E-state index contributed by atoms with van der Waals surface area (Å²) in [6, 6.07) is 5.66. The number of carbonyl (C=O) groups is 1. The lowest BCUT2D eigenvalue weighted by molar-refractivity contribution is -0.141. The van der Waals surface area contributed by atoms with Crippen molar-refractivity contribution >= 4 is 5.97 Å². The fourth-order valence-corrected chi connectivity index (χ4v) is 1.63. The van der Waals surface area contributed by atoms with Gasteiger partial charge in [-0.15, -0.1) is 0 Å². The topological polar surface area (TPSA) is 44.8 Å². The van der Waals surface area contributed by atoms with Crippen molar-refractivity contribution in [2.45, 2.75) is 19.8 Å². The molecule has 1 aromatic carbocycles. The molecule has 0 radical (unpaired) electrons. The van der Waals surface area contributed by atoms with Gasteiger partial charge in [-0.1, -0.05) is 19.1 Å². The fourth-order valence-electron chi connectivity index (χ4n) is 1.63. The zero-order valence-electron chi connectivity index (χ0n) is 10.6. The Morgan fingerprint density at radius 3 is 2.53 bits per heavy atom. The standard InChI is InChI=1S/C13H18O4/c1-9(8-17-10(2)14)11-6-5-7-12(15-3)13(11)16-4/h5-7,9H,8H2,1-4H3. The molecule has 0 aliphatic carbocycles. The SMILES string of the molecule is COc1cccc(C(C)COC(C)=O)c1OC. The Balaban J connectivity index is 2.92. The Hall–Kier alpha value is -1.71. The smallest absolute Gasteiger partial charge is 0.302 e. The first-order chi connectivity index (χ1) is 8.10. The van der Waals surface area contributed by atoms with Gasteiger partial charge in [-0.2, -0.15) is 0 Å². The van der Waals surface area contributed by atoms with E-state index in [9.17, 15) is 4.79 Å². The molecule has 0 N–H and O–H groups in total. The van der Waals surface area contributed by atoms with Crippen LogP contribution in [0.4, 0.5) is 0 Å². The molecule has 0 aromatic heterocycles. The zero-order chi connectivity index (χ0) is 12.8. The second-order valence-electron chi connectivity index (χ2n) is 3.79. The number of esters is 1. The van der Waals surface area contributed by atoms with E-state index in [4.69, 9.17) is 14.2 Å². The van der Waals surface area contributed by atoms with E-state index >= 15 is 0 Å². The lowest BCUT2D eigenvalue weighted by Crippen LogP contribution is -2.09. The lowest BCUT2D eigenvalue weighted by atomic mass is 10.0. The number of hydrogen-bond donors (Lipinski definition) is 0. The summed E-state index contributed by atoms with van der Waals surface area (Å²) in [6.07, 6.45) is 0. The number of para-hydroxylation sites is 1. The van der Waals surface area contributed by atoms with Crippen molar-refractivity contribution in [3.63, 3.8) is 0 Å². The molecule has 0 bridgehead atoms. The molecule has 0 aliphatic rings. The van der Waals surface area contributed by atoms with Crippen LogP contribution in [0.1, 0.15) is 25.3 Å². The summed E-state index contributed by atoms with van der Waals surface area (Å²) in [7, 11) is 3.19. The van der Waals surface area contributed by atoms with Crippen LogP contribution < -0.4 is 9.47 Å². The third-order valence-corrected chi connectivity index (χ3v) is 2.50. The quantitative estimate of drug-likeness (QED) is 0.739. The van der Waals surface area contributed by atoms with Crippen molar-refractivity contribution in [1.82, 2.24) is 0 Å². The second-order valence-corrected chi connectivity index (χ2v) is 3.79. The van der Waals surface area contributed by atoms with Crippen molar-refractivity contribution in [2.24, 2.45) is 0 Å². The van der Waals surface area contributed by atoms with E-state index in [0.29, 0.717) is 18.1 Å². The van der Waals surface area contributed by atoms with Gasteiger partial charge in [-0.3, -0.25) is 4.79 Å². The Morgan fingerprint density at radius 2 is 2.00 bits per heavy atom. The first kappa shape index (κ1) is 13.4. The lowest BCUT2D eigenvalue weighted by Gasteiger charge is -2.17. The van der Waals surface area contributed by atoms with Gasteiger partial charge in [0.25, 0.3) is 0 Å². The Bertz CT molecular complexity index is 387. The first-order valence-corrected chi connectivity index (χ1v) is 5.44. The van der Waals surface area contributed by atoms with E-state index in [2.05, 4.69) is 0 Å². The number of carbonyl (C=O) groups excluding carboxylic acids is 1. The minimum Gasteiger partial charge on any atom is -0.493 e. The molecule has 0 aliphatic heterocycles. The summed E-state index contributed by atoms with van der Waals surface area (Å²) < 4.78 is 15.5. The number of methoxy groups -OCH3 is 2. The maximum absolute atomic E-state index is 10.8. The molecule has 1 rings (SSSR count). The predicted molar refractivity (Wildman–Crippen MR) is 64.6 cm³/mol. The van der Waals surface area contributed by atoms with E-state index in [1.165, 1.54) is 6.92 Å². The molecule has 17 heavy (non-hydrogen) atoms. The van der Waals surface area contributed by atoms with Crippen LogP contribution in [0.25, 0.3) is 0 Å². The number of rotatable bonds is 5. The first-order valence-electron chi connectivity index (χ1n) is 5.44. The van der Waals surface area contributed by atoms with Gasteiger partial charge in [0.2, 0.25) is 0 Å². The third-order valence-electron chi connectivity index (χ3n) is 2.50. The van der Waals surface area contributed by atoms with Crippen molar-refractivity contribution < 1.29 is 19.0 Å². The van der Waals surface area contributed by atoms with E-state index < -0.39 is 0 Å². The minimum atomic E-state index is -0.279. The molecule has 0 heterocycles. The summed E-state index contributed by atoms with van der Waals surface area (Å²) in [6.45, 7) is 3.70. The van der Waals surface area contributed by atoms with Gasteiger partial charge < -0.3 is 14.2 Å². The van der Waals surface area contributed by atoms with E-state index in [1.54, 1.807) is 14.2 Å². The van der Waals surface area contributed by atoms with E-state index in [-0.39, 0.29) is 11.9 Å². The van der Waals surface area contributed by atoms with Crippen LogP contribution in [0.3, 0.4) is 0 Å². The summed E-state index contributed by atoms with van der Waals surface area (Å²) in [5.74, 6) is 1.15. The molecule has 0 fully saturated rings. The molecule has 1 aromatic rings. The van der Waals surface area contributed by atoms with Gasteiger partial charge in [-0.25, -0.2) is 0 Å². The van der Waals surface area contributed by atoms with Crippen LogP contribution in [0, 0.1) is 0 Å². The average molecular weight is 238 g/mol. The molecule has 0 saturated carbocycles. The van der Waals surface area contributed by atoms with Crippen LogP contribution >= 0.6 is 0 Å². The Kier molecular flexibility index (Phi) is 4.82. The summed E-state index contributed by atoms with van der Waals surface area (Å²) in [5, 5.41) is 0. The summed E-state index contributed by atoms with van der Waals surface area (Å²) in [4.78, 5) is 10.8. The molecule has 0 amide bonds. The van der Waals surface area contributed by atoms with Gasteiger partial charge in [0.1, 0.15) is 0 Å². The second kappa shape index (κ2) is 6.13.